The minimum Gasteiger partial charge on any atom is -0.306 e. The molecule has 1 aliphatic carbocycles. The van der Waals surface area contributed by atoms with Crippen molar-refractivity contribution in [1.82, 2.24) is 5.01 Å². The number of anilines is 1. The molecule has 0 unspecified atom stereocenters. The number of hydrogen-bond donors (Lipinski definition) is 1. The summed E-state index contributed by atoms with van der Waals surface area (Å²) >= 11 is 12.2. The SMILES string of the molecule is O=C(Nc1cccc(Cl)c1)N1N=C2c3ccccc3CC[C@H]2[C@@H]1c1ccc(Cl)cc1. The van der Waals surface area contributed by atoms with Crippen LogP contribution in [0, 0.1) is 5.92 Å². The molecule has 150 valence electrons. The van der Waals surface area contributed by atoms with Crippen LogP contribution < -0.4 is 5.32 Å². The average molecular weight is 436 g/mol. The van der Waals surface area contributed by atoms with Gasteiger partial charge in [0, 0.05) is 27.2 Å². The van der Waals surface area contributed by atoms with E-state index in [-0.39, 0.29) is 18.0 Å². The first-order valence-electron chi connectivity index (χ1n) is 9.88. The Morgan fingerprint density at radius 1 is 0.967 bits per heavy atom. The van der Waals surface area contributed by atoms with Gasteiger partial charge in [0.1, 0.15) is 0 Å². The minimum atomic E-state index is -0.281. The normalized spacial score (nSPS) is 19.7. The Hall–Kier alpha value is -2.82. The van der Waals surface area contributed by atoms with Gasteiger partial charge >= 0.3 is 6.03 Å². The molecular formula is C24H19Cl2N3O. The van der Waals surface area contributed by atoms with Crippen molar-refractivity contribution in [3.05, 3.63) is 99.5 Å². The van der Waals surface area contributed by atoms with Crippen LogP contribution in [0.15, 0.2) is 77.9 Å². The summed E-state index contributed by atoms with van der Waals surface area (Å²) in [6.45, 7) is 0. The average Bonchev–Trinajstić information content (AvgIpc) is 3.15. The quantitative estimate of drug-likeness (QED) is 0.487. The molecule has 0 fully saturated rings. The summed E-state index contributed by atoms with van der Waals surface area (Å²) in [5.41, 5.74) is 5.03. The summed E-state index contributed by atoms with van der Waals surface area (Å²) in [6.07, 6.45) is 1.90. The number of carbonyl (C=O) groups is 1. The van der Waals surface area contributed by atoms with Crippen LogP contribution in [-0.4, -0.2) is 16.8 Å². The fourth-order valence-corrected chi connectivity index (χ4v) is 4.69. The van der Waals surface area contributed by atoms with E-state index < -0.39 is 0 Å². The summed E-state index contributed by atoms with van der Waals surface area (Å²) in [5, 5.41) is 10.6. The van der Waals surface area contributed by atoms with E-state index in [0.717, 1.165) is 29.7 Å². The van der Waals surface area contributed by atoms with Gasteiger partial charge in [-0.15, -0.1) is 0 Å². The molecule has 0 bridgehead atoms. The zero-order valence-electron chi connectivity index (χ0n) is 16.1. The van der Waals surface area contributed by atoms with E-state index in [2.05, 4.69) is 23.5 Å². The van der Waals surface area contributed by atoms with Crippen LogP contribution in [-0.2, 0) is 6.42 Å². The molecule has 0 saturated heterocycles. The molecule has 0 spiro atoms. The van der Waals surface area contributed by atoms with Gasteiger partial charge in [-0.25, -0.2) is 9.80 Å². The van der Waals surface area contributed by atoms with E-state index in [1.54, 1.807) is 23.2 Å². The van der Waals surface area contributed by atoms with Gasteiger partial charge in [-0.3, -0.25) is 0 Å². The molecule has 30 heavy (non-hydrogen) atoms. The Morgan fingerprint density at radius 3 is 2.57 bits per heavy atom. The predicted molar refractivity (Wildman–Crippen MR) is 121 cm³/mol. The molecule has 6 heteroatoms. The number of carbonyl (C=O) groups excluding carboxylic acids is 1. The Labute approximate surface area is 185 Å². The van der Waals surface area contributed by atoms with Crippen LogP contribution in [0.2, 0.25) is 10.0 Å². The van der Waals surface area contributed by atoms with Crippen molar-refractivity contribution in [2.45, 2.75) is 18.9 Å². The van der Waals surface area contributed by atoms with E-state index in [1.807, 2.05) is 36.4 Å². The number of benzene rings is 3. The van der Waals surface area contributed by atoms with Gasteiger partial charge in [0.15, 0.2) is 0 Å². The van der Waals surface area contributed by atoms with Gasteiger partial charge < -0.3 is 5.32 Å². The third-order valence-corrected chi connectivity index (χ3v) is 6.21. The van der Waals surface area contributed by atoms with Crippen LogP contribution in [0.4, 0.5) is 10.5 Å². The summed E-state index contributed by atoms with van der Waals surface area (Å²) in [4.78, 5) is 13.3. The zero-order chi connectivity index (χ0) is 20.7. The highest BCUT2D eigenvalue weighted by Crippen LogP contribution is 2.43. The molecule has 0 aromatic heterocycles. The van der Waals surface area contributed by atoms with E-state index in [0.29, 0.717) is 15.7 Å². The third-order valence-electron chi connectivity index (χ3n) is 5.72. The van der Waals surface area contributed by atoms with Crippen molar-refractivity contribution in [3.8, 4) is 0 Å². The van der Waals surface area contributed by atoms with Crippen molar-refractivity contribution >= 4 is 40.6 Å². The number of rotatable bonds is 2. The Kier molecular flexibility index (Phi) is 4.97. The topological polar surface area (TPSA) is 44.7 Å². The number of nitrogens with one attached hydrogen (secondary N) is 1. The van der Waals surface area contributed by atoms with Gasteiger partial charge in [0.25, 0.3) is 0 Å². The van der Waals surface area contributed by atoms with Gasteiger partial charge in [0.05, 0.1) is 11.8 Å². The minimum absolute atomic E-state index is 0.131. The molecule has 3 aromatic carbocycles. The first-order valence-corrected chi connectivity index (χ1v) is 10.6. The predicted octanol–water partition coefficient (Wildman–Crippen LogP) is 6.55. The van der Waals surface area contributed by atoms with Crippen molar-refractivity contribution in [3.63, 3.8) is 0 Å². The fraction of sp³-hybridized carbons (Fsp3) is 0.167. The second kappa shape index (κ2) is 7.78. The smallest absolute Gasteiger partial charge is 0.306 e. The molecule has 1 N–H and O–H groups in total. The zero-order valence-corrected chi connectivity index (χ0v) is 17.6. The molecule has 2 atom stereocenters. The maximum Gasteiger partial charge on any atom is 0.342 e. The van der Waals surface area contributed by atoms with Crippen molar-refractivity contribution in [1.29, 1.82) is 0 Å². The highest BCUT2D eigenvalue weighted by Gasteiger charge is 2.43. The molecule has 0 saturated carbocycles. The second-order valence-corrected chi connectivity index (χ2v) is 8.44. The molecule has 4 nitrogen and oxygen atoms in total. The fourth-order valence-electron chi connectivity index (χ4n) is 4.37. The van der Waals surface area contributed by atoms with Crippen molar-refractivity contribution in [2.24, 2.45) is 11.0 Å². The molecule has 2 aliphatic rings. The van der Waals surface area contributed by atoms with Gasteiger partial charge in [-0.2, -0.15) is 5.10 Å². The molecule has 2 amide bonds. The standard InChI is InChI=1S/C24H19Cl2N3O/c25-17-11-8-16(9-12-17)23-21-13-10-15-4-1-2-7-20(15)22(21)28-29(23)24(30)27-19-6-3-5-18(26)14-19/h1-9,11-12,14,21,23H,10,13H2,(H,27,30)/t21-,23+/m1/s1. The lowest BCUT2D eigenvalue weighted by Crippen LogP contribution is -2.34. The summed E-state index contributed by atoms with van der Waals surface area (Å²) in [6, 6.07) is 22.6. The van der Waals surface area contributed by atoms with Crippen molar-refractivity contribution in [2.75, 3.05) is 5.32 Å². The second-order valence-electron chi connectivity index (χ2n) is 7.57. The van der Waals surface area contributed by atoms with Gasteiger partial charge in [0.2, 0.25) is 0 Å². The number of amides is 2. The Balaban J connectivity index is 1.54. The number of nitrogens with zero attached hydrogens (tertiary/aromatic N) is 2. The molecule has 3 aromatic rings. The number of halogens is 2. The third kappa shape index (κ3) is 3.47. The number of aryl methyl sites for hydroxylation is 1. The number of fused-ring (bicyclic) bond motifs is 3. The maximum atomic E-state index is 13.3. The lowest BCUT2D eigenvalue weighted by Gasteiger charge is -2.29. The van der Waals surface area contributed by atoms with Crippen molar-refractivity contribution < 1.29 is 4.79 Å². The Morgan fingerprint density at radius 2 is 1.77 bits per heavy atom. The van der Waals surface area contributed by atoms with E-state index in [1.165, 1.54) is 5.56 Å². The first kappa shape index (κ1) is 19.2. The first-order chi connectivity index (χ1) is 14.6. The highest BCUT2D eigenvalue weighted by molar-refractivity contribution is 6.31. The number of hydrazone groups is 1. The summed E-state index contributed by atoms with van der Waals surface area (Å²) in [7, 11) is 0. The lowest BCUT2D eigenvalue weighted by molar-refractivity contribution is 0.188. The van der Waals surface area contributed by atoms with Crippen LogP contribution in [0.5, 0.6) is 0 Å². The van der Waals surface area contributed by atoms with Crippen LogP contribution >= 0.6 is 23.2 Å². The maximum absolute atomic E-state index is 13.3. The Bertz CT molecular complexity index is 1140. The number of urea groups is 1. The monoisotopic (exact) mass is 435 g/mol. The van der Waals surface area contributed by atoms with Gasteiger partial charge in [-0.1, -0.05) is 65.7 Å². The van der Waals surface area contributed by atoms with Crippen LogP contribution in [0.25, 0.3) is 0 Å². The highest BCUT2D eigenvalue weighted by atomic mass is 35.5. The largest absolute Gasteiger partial charge is 0.342 e. The van der Waals surface area contributed by atoms with Crippen LogP contribution in [0.3, 0.4) is 0 Å². The van der Waals surface area contributed by atoms with E-state index in [4.69, 9.17) is 28.3 Å². The van der Waals surface area contributed by atoms with E-state index in [9.17, 15) is 4.79 Å². The molecule has 1 heterocycles. The van der Waals surface area contributed by atoms with Gasteiger partial charge in [-0.05, 0) is 54.3 Å². The lowest BCUT2D eigenvalue weighted by atomic mass is 9.77. The molecule has 0 radical (unpaired) electrons. The molecule has 1 aliphatic heterocycles. The van der Waals surface area contributed by atoms with E-state index >= 15 is 0 Å². The summed E-state index contributed by atoms with van der Waals surface area (Å²) < 4.78 is 0. The molecular weight excluding hydrogens is 417 g/mol. The summed E-state index contributed by atoms with van der Waals surface area (Å²) in [5.74, 6) is 0.131. The molecule has 5 rings (SSSR count). The van der Waals surface area contributed by atoms with Crippen LogP contribution in [0.1, 0.15) is 29.2 Å². The number of hydrogen-bond acceptors (Lipinski definition) is 2.